The lowest BCUT2D eigenvalue weighted by molar-refractivity contribution is 0.318. The number of nitrogens with one attached hydrogen (secondary N) is 1. The molecule has 1 aromatic rings. The fraction of sp³-hybridized carbons (Fsp3) is 0.250. The van der Waals surface area contributed by atoms with Crippen LogP contribution in [0.1, 0.15) is 18.1 Å². The van der Waals surface area contributed by atoms with Gasteiger partial charge in [0.2, 0.25) is 0 Å². The Balaban J connectivity index is 2.79. The van der Waals surface area contributed by atoms with E-state index in [0.717, 1.165) is 11.1 Å². The van der Waals surface area contributed by atoms with Gasteiger partial charge in [0.15, 0.2) is 5.84 Å². The Bertz CT molecular complexity index is 443. The summed E-state index contributed by atoms with van der Waals surface area (Å²) >= 11 is 0. The van der Waals surface area contributed by atoms with Crippen LogP contribution >= 0.6 is 0 Å². The fourth-order valence-electron chi connectivity index (χ4n) is 1.38. The molecule has 0 bridgehead atoms. The van der Waals surface area contributed by atoms with E-state index in [-0.39, 0.29) is 5.84 Å². The lowest BCUT2D eigenvalue weighted by Crippen LogP contribution is -2.17. The van der Waals surface area contributed by atoms with Crippen LogP contribution in [0.5, 0.6) is 0 Å². The molecule has 0 spiro atoms. The van der Waals surface area contributed by atoms with Crippen molar-refractivity contribution in [1.82, 2.24) is 5.32 Å². The van der Waals surface area contributed by atoms with E-state index in [2.05, 4.69) is 17.1 Å². The third kappa shape index (κ3) is 4.24. The molecule has 92 valence electrons. The van der Waals surface area contributed by atoms with Gasteiger partial charge in [0.05, 0.1) is 0 Å². The summed E-state index contributed by atoms with van der Waals surface area (Å²) in [6.07, 6.45) is 0. The first kappa shape index (κ1) is 13.2. The molecule has 0 atom stereocenters. The van der Waals surface area contributed by atoms with E-state index in [4.69, 9.17) is 10.9 Å². The van der Waals surface area contributed by atoms with E-state index in [1.807, 2.05) is 6.92 Å². The van der Waals surface area contributed by atoms with Gasteiger partial charge in [-0.25, -0.2) is 4.39 Å². The van der Waals surface area contributed by atoms with Crippen LogP contribution in [0.3, 0.4) is 0 Å². The molecular formula is C12H16FN3O. The van der Waals surface area contributed by atoms with Crippen LogP contribution in [0.4, 0.5) is 4.39 Å². The van der Waals surface area contributed by atoms with Crippen molar-refractivity contribution in [3.63, 3.8) is 0 Å². The van der Waals surface area contributed by atoms with Gasteiger partial charge in [0, 0.05) is 18.7 Å². The highest BCUT2D eigenvalue weighted by Crippen LogP contribution is 2.09. The number of nitrogens with zero attached hydrogens (tertiary/aromatic N) is 1. The van der Waals surface area contributed by atoms with E-state index >= 15 is 0 Å². The zero-order chi connectivity index (χ0) is 12.8. The van der Waals surface area contributed by atoms with Crippen LogP contribution < -0.4 is 11.1 Å². The zero-order valence-corrected chi connectivity index (χ0v) is 9.70. The van der Waals surface area contributed by atoms with Crippen molar-refractivity contribution in [1.29, 1.82) is 0 Å². The monoisotopic (exact) mass is 237 g/mol. The molecule has 0 aliphatic rings. The van der Waals surface area contributed by atoms with Crippen LogP contribution in [-0.4, -0.2) is 17.6 Å². The summed E-state index contributed by atoms with van der Waals surface area (Å²) in [5, 5.41) is 14.5. The second-order valence-electron chi connectivity index (χ2n) is 3.89. The molecule has 1 aromatic carbocycles. The third-order valence-electron chi connectivity index (χ3n) is 2.12. The minimum atomic E-state index is -0.416. The van der Waals surface area contributed by atoms with Gasteiger partial charge in [0.25, 0.3) is 0 Å². The maximum atomic E-state index is 13.3. The first-order chi connectivity index (χ1) is 8.02. The van der Waals surface area contributed by atoms with E-state index in [0.29, 0.717) is 18.7 Å². The van der Waals surface area contributed by atoms with Crippen LogP contribution in [-0.2, 0) is 6.54 Å². The minimum absolute atomic E-state index is 0.106. The first-order valence-corrected chi connectivity index (χ1v) is 5.15. The number of benzene rings is 1. The molecule has 17 heavy (non-hydrogen) atoms. The average Bonchev–Trinajstić information content (AvgIpc) is 2.26. The Morgan fingerprint density at radius 2 is 2.24 bits per heavy atom. The van der Waals surface area contributed by atoms with Gasteiger partial charge in [0.1, 0.15) is 5.82 Å². The maximum Gasteiger partial charge on any atom is 0.170 e. The summed E-state index contributed by atoms with van der Waals surface area (Å²) in [4.78, 5) is 0. The molecule has 4 N–H and O–H groups in total. The second kappa shape index (κ2) is 6.00. The second-order valence-corrected chi connectivity index (χ2v) is 3.89. The number of rotatable bonds is 5. The van der Waals surface area contributed by atoms with Crippen molar-refractivity contribution < 1.29 is 9.60 Å². The number of amidine groups is 1. The SMILES string of the molecule is C=C(C)CNCc1cc(F)cc(/C(N)=N/O)c1. The molecule has 0 aliphatic carbocycles. The van der Waals surface area contributed by atoms with Gasteiger partial charge in [-0.05, 0) is 30.7 Å². The third-order valence-corrected chi connectivity index (χ3v) is 2.12. The Morgan fingerprint density at radius 3 is 2.82 bits per heavy atom. The van der Waals surface area contributed by atoms with Crippen molar-refractivity contribution in [3.05, 3.63) is 47.3 Å². The first-order valence-electron chi connectivity index (χ1n) is 5.15. The van der Waals surface area contributed by atoms with Crippen molar-refractivity contribution in [3.8, 4) is 0 Å². The molecule has 0 fully saturated rings. The van der Waals surface area contributed by atoms with Crippen molar-refractivity contribution in [2.24, 2.45) is 10.9 Å². The van der Waals surface area contributed by atoms with Gasteiger partial charge in [-0.2, -0.15) is 0 Å². The Kier molecular flexibility index (Phi) is 4.66. The predicted molar refractivity (Wildman–Crippen MR) is 65.4 cm³/mol. The number of hydrogen-bond acceptors (Lipinski definition) is 3. The molecule has 0 radical (unpaired) electrons. The molecule has 4 nitrogen and oxygen atoms in total. The van der Waals surface area contributed by atoms with Crippen molar-refractivity contribution in [2.45, 2.75) is 13.5 Å². The highest BCUT2D eigenvalue weighted by molar-refractivity contribution is 5.97. The van der Waals surface area contributed by atoms with E-state index < -0.39 is 5.82 Å². The highest BCUT2D eigenvalue weighted by Gasteiger charge is 2.04. The number of oxime groups is 1. The molecule has 0 amide bonds. The van der Waals surface area contributed by atoms with Gasteiger partial charge in [-0.1, -0.05) is 17.3 Å². The number of nitrogens with two attached hydrogens (primary N) is 1. The summed E-state index contributed by atoms with van der Waals surface area (Å²) < 4.78 is 13.3. The standard InChI is InChI=1S/C12H16FN3O/c1-8(2)6-15-7-9-3-10(12(14)16-17)5-11(13)4-9/h3-5,15,17H,1,6-7H2,2H3,(H2,14,16). The van der Waals surface area contributed by atoms with Crippen molar-refractivity contribution >= 4 is 5.84 Å². The molecule has 0 aliphatic heterocycles. The molecule has 0 aromatic heterocycles. The Hall–Kier alpha value is -1.88. The predicted octanol–water partition coefficient (Wildman–Crippen LogP) is 1.59. The van der Waals surface area contributed by atoms with Crippen LogP contribution in [0.25, 0.3) is 0 Å². The smallest absolute Gasteiger partial charge is 0.170 e. The van der Waals surface area contributed by atoms with E-state index in [1.54, 1.807) is 6.07 Å². The molecule has 0 unspecified atom stereocenters. The summed E-state index contributed by atoms with van der Waals surface area (Å²) in [7, 11) is 0. The zero-order valence-electron chi connectivity index (χ0n) is 9.70. The number of halogens is 1. The topological polar surface area (TPSA) is 70.6 Å². The molecule has 0 saturated heterocycles. The molecule has 1 rings (SSSR count). The largest absolute Gasteiger partial charge is 0.409 e. The quantitative estimate of drug-likeness (QED) is 0.239. The van der Waals surface area contributed by atoms with Crippen LogP contribution in [0, 0.1) is 5.82 Å². The highest BCUT2D eigenvalue weighted by atomic mass is 19.1. The lowest BCUT2D eigenvalue weighted by Gasteiger charge is -2.07. The summed E-state index contributed by atoms with van der Waals surface area (Å²) in [6, 6.07) is 4.29. The summed E-state index contributed by atoms with van der Waals surface area (Å²) in [6.45, 7) is 6.82. The lowest BCUT2D eigenvalue weighted by atomic mass is 10.1. The Morgan fingerprint density at radius 1 is 1.53 bits per heavy atom. The van der Waals surface area contributed by atoms with Crippen LogP contribution in [0.15, 0.2) is 35.5 Å². The van der Waals surface area contributed by atoms with Gasteiger partial charge in [-0.15, -0.1) is 0 Å². The Labute approximate surface area is 99.6 Å². The molecule has 5 heteroatoms. The number of hydrogen-bond donors (Lipinski definition) is 3. The normalized spacial score (nSPS) is 11.5. The maximum absolute atomic E-state index is 13.3. The van der Waals surface area contributed by atoms with Gasteiger partial charge in [-0.3, -0.25) is 0 Å². The van der Waals surface area contributed by atoms with E-state index in [1.165, 1.54) is 12.1 Å². The molecule has 0 saturated carbocycles. The van der Waals surface area contributed by atoms with Crippen LogP contribution in [0.2, 0.25) is 0 Å². The van der Waals surface area contributed by atoms with Gasteiger partial charge < -0.3 is 16.3 Å². The van der Waals surface area contributed by atoms with Gasteiger partial charge >= 0.3 is 0 Å². The van der Waals surface area contributed by atoms with E-state index in [9.17, 15) is 4.39 Å². The average molecular weight is 237 g/mol. The molecular weight excluding hydrogens is 221 g/mol. The molecule has 0 heterocycles. The summed E-state index contributed by atoms with van der Waals surface area (Å²) in [5.74, 6) is -0.521. The summed E-state index contributed by atoms with van der Waals surface area (Å²) in [5.41, 5.74) is 7.50. The van der Waals surface area contributed by atoms with Crippen molar-refractivity contribution in [2.75, 3.05) is 6.54 Å². The minimum Gasteiger partial charge on any atom is -0.409 e. The fourth-order valence-corrected chi connectivity index (χ4v) is 1.38.